The Morgan fingerprint density at radius 2 is 1.86 bits per heavy atom. The second-order valence-corrected chi connectivity index (χ2v) is 5.33. The first-order valence-electron chi connectivity index (χ1n) is 7.22. The average Bonchev–Trinajstić information content (AvgIpc) is 2.53. The Bertz CT molecular complexity index is 485. The number of likely N-dealkylation sites (N-methyl/N-ethyl adjacent to an activating group) is 1. The van der Waals surface area contributed by atoms with Crippen LogP contribution in [0.5, 0.6) is 0 Å². The molecule has 1 fully saturated rings. The summed E-state index contributed by atoms with van der Waals surface area (Å²) in [6.45, 7) is 5.52. The van der Waals surface area contributed by atoms with E-state index in [1.807, 2.05) is 24.3 Å². The van der Waals surface area contributed by atoms with Gasteiger partial charge in [0.05, 0.1) is 17.6 Å². The van der Waals surface area contributed by atoms with Crippen LogP contribution in [0.4, 0.5) is 5.69 Å². The highest BCUT2D eigenvalue weighted by molar-refractivity contribution is 6.31. The normalized spacial score (nSPS) is 18.5. The molecular formula is C15H24N6. The van der Waals surface area contributed by atoms with Crippen LogP contribution in [-0.4, -0.2) is 61.5 Å². The number of hydrogen-bond donors (Lipinski definition) is 2. The topological polar surface area (TPSA) is 83.2 Å². The first-order valence-corrected chi connectivity index (χ1v) is 7.22. The fourth-order valence-electron chi connectivity index (χ4n) is 2.22. The highest BCUT2D eigenvalue weighted by Crippen LogP contribution is 2.12. The number of rotatable bonds is 5. The number of hydrazone groups is 1. The molecule has 0 aromatic heterocycles. The summed E-state index contributed by atoms with van der Waals surface area (Å²) in [5.74, 6) is 5.47. The van der Waals surface area contributed by atoms with Crippen molar-refractivity contribution in [2.24, 2.45) is 21.7 Å². The monoisotopic (exact) mass is 288 g/mol. The largest absolute Gasteiger partial charge is 0.326 e. The Hall–Kier alpha value is -1.76. The average molecular weight is 288 g/mol. The summed E-state index contributed by atoms with van der Waals surface area (Å²) in [6.07, 6.45) is 1.75. The summed E-state index contributed by atoms with van der Waals surface area (Å²) >= 11 is 0. The molecular weight excluding hydrogens is 264 g/mol. The molecule has 6 nitrogen and oxygen atoms in total. The van der Waals surface area contributed by atoms with E-state index in [1.54, 1.807) is 6.21 Å². The smallest absolute Gasteiger partial charge is 0.0923 e. The van der Waals surface area contributed by atoms with Gasteiger partial charge in [-0.3, -0.25) is 9.89 Å². The van der Waals surface area contributed by atoms with E-state index < -0.39 is 0 Å². The molecule has 1 aliphatic heterocycles. The van der Waals surface area contributed by atoms with Crippen molar-refractivity contribution in [2.75, 3.05) is 39.8 Å². The molecule has 1 saturated heterocycles. The lowest BCUT2D eigenvalue weighted by atomic mass is 10.2. The minimum atomic E-state index is 0.545. The molecule has 6 heteroatoms. The molecule has 1 aromatic rings. The Labute approximate surface area is 126 Å². The maximum atomic E-state index is 5.57. The maximum absolute atomic E-state index is 5.57. The first-order chi connectivity index (χ1) is 10.2. The molecule has 0 amide bonds. The van der Waals surface area contributed by atoms with E-state index in [1.165, 1.54) is 0 Å². The van der Waals surface area contributed by atoms with Crippen LogP contribution in [0.25, 0.3) is 0 Å². The second kappa shape index (κ2) is 7.87. The Kier molecular flexibility index (Phi) is 5.86. The second-order valence-electron chi connectivity index (χ2n) is 5.33. The third kappa shape index (κ3) is 4.93. The summed E-state index contributed by atoms with van der Waals surface area (Å²) in [6, 6.07) is 7.85. The molecule has 0 radical (unpaired) electrons. The Balaban J connectivity index is 1.90. The van der Waals surface area contributed by atoms with Gasteiger partial charge < -0.3 is 16.5 Å². The van der Waals surface area contributed by atoms with Crippen molar-refractivity contribution in [3.05, 3.63) is 29.8 Å². The minimum Gasteiger partial charge on any atom is -0.326 e. The van der Waals surface area contributed by atoms with Crippen LogP contribution >= 0.6 is 0 Å². The number of nitrogens with zero attached hydrogens (tertiary/aromatic N) is 4. The highest BCUT2D eigenvalue weighted by Gasteiger charge is 2.14. The van der Waals surface area contributed by atoms with Crippen LogP contribution in [-0.2, 0) is 6.54 Å². The van der Waals surface area contributed by atoms with Crippen LogP contribution in [0.1, 0.15) is 5.56 Å². The molecule has 0 aliphatic carbocycles. The van der Waals surface area contributed by atoms with Gasteiger partial charge >= 0.3 is 0 Å². The molecule has 1 aliphatic rings. The van der Waals surface area contributed by atoms with Gasteiger partial charge in [-0.2, -0.15) is 5.10 Å². The number of piperazine rings is 1. The number of nitrogens with two attached hydrogens (primary N) is 2. The van der Waals surface area contributed by atoms with E-state index in [2.05, 4.69) is 26.9 Å². The first kappa shape index (κ1) is 15.6. The zero-order valence-electron chi connectivity index (χ0n) is 12.6. The van der Waals surface area contributed by atoms with Gasteiger partial charge in [0.15, 0.2) is 0 Å². The van der Waals surface area contributed by atoms with Crippen molar-refractivity contribution in [3.8, 4) is 0 Å². The van der Waals surface area contributed by atoms with Crippen LogP contribution in [0, 0.1) is 0 Å². The maximum Gasteiger partial charge on any atom is 0.0923 e. The van der Waals surface area contributed by atoms with E-state index in [0.29, 0.717) is 6.54 Å². The zero-order chi connectivity index (χ0) is 15.1. The number of benzene rings is 1. The zero-order valence-corrected chi connectivity index (χ0v) is 12.6. The number of aliphatic imine (C=N–C) groups is 1. The highest BCUT2D eigenvalue weighted by atomic mass is 15.3. The molecule has 21 heavy (non-hydrogen) atoms. The molecule has 114 valence electrons. The van der Waals surface area contributed by atoms with E-state index in [-0.39, 0.29) is 0 Å². The summed E-state index contributed by atoms with van der Waals surface area (Å²) in [5.41, 5.74) is 8.35. The van der Waals surface area contributed by atoms with Crippen molar-refractivity contribution in [2.45, 2.75) is 6.54 Å². The van der Waals surface area contributed by atoms with Crippen molar-refractivity contribution in [1.82, 2.24) is 9.80 Å². The molecule has 0 bridgehead atoms. The van der Waals surface area contributed by atoms with E-state index in [0.717, 1.165) is 49.7 Å². The molecule has 0 unspecified atom stereocenters. The van der Waals surface area contributed by atoms with Crippen molar-refractivity contribution < 1.29 is 0 Å². The molecule has 4 N–H and O–H groups in total. The number of hydrogen-bond acceptors (Lipinski definition) is 6. The summed E-state index contributed by atoms with van der Waals surface area (Å²) in [4.78, 5) is 9.08. The molecule has 2 rings (SSSR count). The van der Waals surface area contributed by atoms with Gasteiger partial charge in [0.1, 0.15) is 0 Å². The van der Waals surface area contributed by atoms with Crippen LogP contribution in [0.3, 0.4) is 0 Å². The van der Waals surface area contributed by atoms with Crippen LogP contribution in [0.15, 0.2) is 34.4 Å². The lowest BCUT2D eigenvalue weighted by Gasteiger charge is -2.31. The molecule has 0 spiro atoms. The van der Waals surface area contributed by atoms with Gasteiger partial charge in [0, 0.05) is 39.3 Å². The van der Waals surface area contributed by atoms with Crippen LogP contribution in [0.2, 0.25) is 0 Å². The standard InChI is InChI=1S/C15H24N6/c1-20-6-8-21(9-7-20)12-15(19-17)11-18-14-4-2-13(10-16)3-5-14/h2-5,11H,6-10,12,16-17H2,1H3/b18-11?,19-15+. The molecule has 0 saturated carbocycles. The Morgan fingerprint density at radius 1 is 1.19 bits per heavy atom. The van der Waals surface area contributed by atoms with E-state index in [9.17, 15) is 0 Å². The SMILES string of the molecule is CN1CCN(C/C(C=Nc2ccc(CN)cc2)=N/N)CC1. The van der Waals surface area contributed by atoms with Crippen molar-refractivity contribution in [3.63, 3.8) is 0 Å². The predicted molar refractivity (Wildman–Crippen MR) is 88.0 cm³/mol. The predicted octanol–water partition coefficient (Wildman–Crippen LogP) is 0.410. The molecule has 1 heterocycles. The molecule has 1 aromatic carbocycles. The fraction of sp³-hybridized carbons (Fsp3) is 0.467. The lowest BCUT2D eigenvalue weighted by Crippen LogP contribution is -2.46. The van der Waals surface area contributed by atoms with E-state index >= 15 is 0 Å². The van der Waals surface area contributed by atoms with Gasteiger partial charge in [-0.05, 0) is 24.7 Å². The third-order valence-electron chi connectivity index (χ3n) is 3.68. The quantitative estimate of drug-likeness (QED) is 0.467. The van der Waals surface area contributed by atoms with Gasteiger partial charge in [0.2, 0.25) is 0 Å². The summed E-state index contributed by atoms with van der Waals surface area (Å²) in [5, 5.41) is 3.84. The van der Waals surface area contributed by atoms with Crippen molar-refractivity contribution in [1.29, 1.82) is 0 Å². The van der Waals surface area contributed by atoms with Gasteiger partial charge in [-0.1, -0.05) is 12.1 Å². The minimum absolute atomic E-state index is 0.545. The summed E-state index contributed by atoms with van der Waals surface area (Å²) < 4.78 is 0. The van der Waals surface area contributed by atoms with Gasteiger partial charge in [-0.15, -0.1) is 0 Å². The molecule has 0 atom stereocenters. The third-order valence-corrected chi connectivity index (χ3v) is 3.68. The lowest BCUT2D eigenvalue weighted by molar-refractivity contribution is 0.171. The Morgan fingerprint density at radius 3 is 2.43 bits per heavy atom. The van der Waals surface area contributed by atoms with Crippen molar-refractivity contribution >= 4 is 17.6 Å². The van der Waals surface area contributed by atoms with Gasteiger partial charge in [0.25, 0.3) is 0 Å². The van der Waals surface area contributed by atoms with Crippen LogP contribution < -0.4 is 11.6 Å². The summed E-state index contributed by atoms with van der Waals surface area (Å²) in [7, 11) is 2.14. The van der Waals surface area contributed by atoms with Gasteiger partial charge in [-0.25, -0.2) is 0 Å². The fourth-order valence-corrected chi connectivity index (χ4v) is 2.22. The van der Waals surface area contributed by atoms with E-state index in [4.69, 9.17) is 11.6 Å².